The van der Waals surface area contributed by atoms with Gasteiger partial charge in [0.15, 0.2) is 0 Å². The van der Waals surface area contributed by atoms with Crippen LogP contribution in [0.3, 0.4) is 0 Å². The fourth-order valence-corrected chi connectivity index (χ4v) is 0.743. The molecule has 0 aliphatic carbocycles. The fraction of sp³-hybridized carbons (Fsp3) is 0.333. The Kier molecular flexibility index (Phi) is 3.74. The first-order chi connectivity index (χ1) is 6.33. The second-order valence-corrected chi connectivity index (χ2v) is 2.48. The summed E-state index contributed by atoms with van der Waals surface area (Å²) in [7, 11) is 1.89. The van der Waals surface area contributed by atoms with Crippen LogP contribution in [-0.2, 0) is 0 Å². The van der Waals surface area contributed by atoms with Gasteiger partial charge in [0.25, 0.3) is 0 Å². The van der Waals surface area contributed by atoms with Gasteiger partial charge in [0.1, 0.15) is 11.5 Å². The molecule has 0 aliphatic heterocycles. The molecular formula is C9H12N4. The summed E-state index contributed by atoms with van der Waals surface area (Å²) in [5.41, 5.74) is 6.03. The van der Waals surface area contributed by atoms with Crippen molar-refractivity contribution in [3.63, 3.8) is 0 Å². The van der Waals surface area contributed by atoms with Gasteiger partial charge >= 0.3 is 0 Å². The SMILES string of the molecule is CNCCC#Cc1cnc(N)cn1. The summed E-state index contributed by atoms with van der Waals surface area (Å²) in [6.07, 6.45) is 3.88. The molecule has 13 heavy (non-hydrogen) atoms. The zero-order chi connectivity index (χ0) is 9.52. The Morgan fingerprint density at radius 1 is 1.46 bits per heavy atom. The van der Waals surface area contributed by atoms with E-state index >= 15 is 0 Å². The van der Waals surface area contributed by atoms with Crippen molar-refractivity contribution in [1.82, 2.24) is 15.3 Å². The summed E-state index contributed by atoms with van der Waals surface area (Å²) in [6, 6.07) is 0. The largest absolute Gasteiger partial charge is 0.382 e. The van der Waals surface area contributed by atoms with E-state index in [0.717, 1.165) is 13.0 Å². The van der Waals surface area contributed by atoms with Crippen LogP contribution in [0.15, 0.2) is 12.4 Å². The molecule has 0 atom stereocenters. The Morgan fingerprint density at radius 2 is 2.31 bits per heavy atom. The van der Waals surface area contributed by atoms with Crippen molar-refractivity contribution in [2.24, 2.45) is 0 Å². The van der Waals surface area contributed by atoms with Gasteiger partial charge in [-0.3, -0.25) is 0 Å². The number of anilines is 1. The highest BCUT2D eigenvalue weighted by Crippen LogP contribution is 1.93. The maximum atomic E-state index is 5.37. The average molecular weight is 176 g/mol. The Labute approximate surface area is 77.6 Å². The summed E-state index contributed by atoms with van der Waals surface area (Å²) in [6.45, 7) is 0.884. The fourth-order valence-electron chi connectivity index (χ4n) is 0.743. The minimum atomic E-state index is 0.417. The van der Waals surface area contributed by atoms with E-state index < -0.39 is 0 Å². The predicted octanol–water partition coefficient (Wildman–Crippen LogP) is 0.0198. The topological polar surface area (TPSA) is 63.8 Å². The van der Waals surface area contributed by atoms with Crippen LogP contribution in [0, 0.1) is 11.8 Å². The first kappa shape index (κ1) is 9.49. The molecule has 0 bridgehead atoms. The molecule has 0 unspecified atom stereocenters. The lowest BCUT2D eigenvalue weighted by Crippen LogP contribution is -2.05. The second-order valence-electron chi connectivity index (χ2n) is 2.48. The van der Waals surface area contributed by atoms with Crippen LogP contribution in [0.5, 0.6) is 0 Å². The molecule has 1 aromatic heterocycles. The minimum absolute atomic E-state index is 0.417. The summed E-state index contributed by atoms with van der Waals surface area (Å²) in [4.78, 5) is 7.87. The van der Waals surface area contributed by atoms with Gasteiger partial charge in [-0.05, 0) is 13.0 Å². The number of nitrogens with two attached hydrogens (primary N) is 1. The molecule has 0 saturated heterocycles. The number of aromatic nitrogens is 2. The predicted molar refractivity (Wildman–Crippen MR) is 51.9 cm³/mol. The highest BCUT2D eigenvalue weighted by molar-refractivity contribution is 5.30. The van der Waals surface area contributed by atoms with Gasteiger partial charge in [-0.15, -0.1) is 0 Å². The van der Waals surface area contributed by atoms with E-state index in [0.29, 0.717) is 11.5 Å². The minimum Gasteiger partial charge on any atom is -0.382 e. The van der Waals surface area contributed by atoms with E-state index in [1.54, 1.807) is 6.20 Å². The molecule has 0 aromatic carbocycles. The Morgan fingerprint density at radius 3 is 2.92 bits per heavy atom. The van der Waals surface area contributed by atoms with E-state index in [9.17, 15) is 0 Å². The van der Waals surface area contributed by atoms with Crippen LogP contribution in [0.4, 0.5) is 5.82 Å². The second kappa shape index (κ2) is 5.12. The third kappa shape index (κ3) is 3.54. The Balaban J connectivity index is 2.52. The monoisotopic (exact) mass is 176 g/mol. The van der Waals surface area contributed by atoms with E-state index in [1.807, 2.05) is 7.05 Å². The molecule has 68 valence electrons. The van der Waals surface area contributed by atoms with E-state index in [2.05, 4.69) is 27.1 Å². The lowest BCUT2D eigenvalue weighted by Gasteiger charge is -1.90. The molecule has 0 radical (unpaired) electrons. The summed E-state index contributed by atoms with van der Waals surface area (Å²) < 4.78 is 0. The number of nitrogens with one attached hydrogen (secondary N) is 1. The van der Waals surface area contributed by atoms with E-state index in [-0.39, 0.29) is 0 Å². The standard InChI is InChI=1S/C9H12N4/c1-11-5-3-2-4-8-6-13-9(10)7-12-8/h6-7,11H,3,5H2,1H3,(H2,10,13). The van der Waals surface area contributed by atoms with Crippen LogP contribution >= 0.6 is 0 Å². The van der Waals surface area contributed by atoms with Gasteiger partial charge in [-0.2, -0.15) is 0 Å². The van der Waals surface area contributed by atoms with E-state index in [1.165, 1.54) is 6.20 Å². The lowest BCUT2D eigenvalue weighted by molar-refractivity contribution is 0.818. The van der Waals surface area contributed by atoms with Crippen LogP contribution < -0.4 is 11.1 Å². The van der Waals surface area contributed by atoms with Crippen LogP contribution in [0.25, 0.3) is 0 Å². The third-order valence-electron chi connectivity index (χ3n) is 1.39. The molecule has 4 nitrogen and oxygen atoms in total. The molecule has 0 amide bonds. The van der Waals surface area contributed by atoms with Crippen molar-refractivity contribution in [1.29, 1.82) is 0 Å². The van der Waals surface area contributed by atoms with Crippen LogP contribution in [0.2, 0.25) is 0 Å². The zero-order valence-electron chi connectivity index (χ0n) is 7.54. The summed E-state index contributed by atoms with van der Waals surface area (Å²) in [5, 5.41) is 3.00. The molecule has 0 aliphatic rings. The van der Waals surface area contributed by atoms with Gasteiger partial charge in [0.05, 0.1) is 12.4 Å². The summed E-state index contributed by atoms with van der Waals surface area (Å²) >= 11 is 0. The summed E-state index contributed by atoms with van der Waals surface area (Å²) in [5.74, 6) is 6.27. The van der Waals surface area contributed by atoms with Crippen molar-refractivity contribution in [3.8, 4) is 11.8 Å². The normalized spacial score (nSPS) is 9.00. The molecule has 1 heterocycles. The van der Waals surface area contributed by atoms with Crippen molar-refractivity contribution < 1.29 is 0 Å². The number of nitrogen functional groups attached to an aromatic ring is 1. The van der Waals surface area contributed by atoms with E-state index in [4.69, 9.17) is 5.73 Å². The van der Waals surface area contributed by atoms with Crippen molar-refractivity contribution >= 4 is 5.82 Å². The molecular weight excluding hydrogens is 164 g/mol. The molecule has 1 rings (SSSR count). The molecule has 4 heteroatoms. The van der Waals surface area contributed by atoms with Crippen molar-refractivity contribution in [2.75, 3.05) is 19.3 Å². The number of rotatable bonds is 2. The first-order valence-corrected chi connectivity index (χ1v) is 4.04. The van der Waals surface area contributed by atoms with Crippen molar-refractivity contribution in [2.45, 2.75) is 6.42 Å². The number of hydrogen-bond donors (Lipinski definition) is 2. The molecule has 0 saturated carbocycles. The third-order valence-corrected chi connectivity index (χ3v) is 1.39. The van der Waals surface area contributed by atoms with Crippen LogP contribution in [0.1, 0.15) is 12.1 Å². The lowest BCUT2D eigenvalue weighted by atomic mass is 10.4. The maximum Gasteiger partial charge on any atom is 0.141 e. The highest BCUT2D eigenvalue weighted by atomic mass is 14.9. The first-order valence-electron chi connectivity index (χ1n) is 4.04. The molecule has 0 fully saturated rings. The van der Waals surface area contributed by atoms with Gasteiger partial charge in [0.2, 0.25) is 0 Å². The maximum absolute atomic E-state index is 5.37. The Hall–Kier alpha value is -1.60. The average Bonchev–Trinajstić information content (AvgIpc) is 2.15. The van der Waals surface area contributed by atoms with Crippen LogP contribution in [-0.4, -0.2) is 23.6 Å². The zero-order valence-corrected chi connectivity index (χ0v) is 7.54. The quantitative estimate of drug-likeness (QED) is 0.492. The number of nitrogens with zero attached hydrogens (tertiary/aromatic N) is 2. The molecule has 3 N–H and O–H groups in total. The van der Waals surface area contributed by atoms with Gasteiger partial charge < -0.3 is 11.1 Å². The van der Waals surface area contributed by atoms with Gasteiger partial charge in [-0.25, -0.2) is 9.97 Å². The highest BCUT2D eigenvalue weighted by Gasteiger charge is 1.87. The van der Waals surface area contributed by atoms with Gasteiger partial charge in [-0.1, -0.05) is 5.92 Å². The smallest absolute Gasteiger partial charge is 0.141 e. The van der Waals surface area contributed by atoms with Crippen molar-refractivity contribution in [3.05, 3.63) is 18.1 Å². The molecule has 1 aromatic rings. The Bertz CT molecular complexity index is 307. The molecule has 0 spiro atoms. The van der Waals surface area contributed by atoms with Gasteiger partial charge in [0, 0.05) is 13.0 Å². The number of hydrogen-bond acceptors (Lipinski definition) is 4.